The summed E-state index contributed by atoms with van der Waals surface area (Å²) in [7, 11) is 0. The third kappa shape index (κ3) is 1.68. The Bertz CT molecular complexity index is 299. The molecule has 0 saturated carbocycles. The Kier molecular flexibility index (Phi) is 2.78. The Morgan fingerprint density at radius 1 is 1.36 bits per heavy atom. The molecule has 1 aromatic rings. The number of halogens is 3. The minimum absolute atomic E-state index is 0.0556. The minimum Gasteiger partial charge on any atom is -0.298 e. The molecule has 0 spiro atoms. The van der Waals surface area contributed by atoms with Crippen LogP contribution in [0.4, 0.5) is 4.39 Å². The highest BCUT2D eigenvalue weighted by Crippen LogP contribution is 2.27. The van der Waals surface area contributed by atoms with Gasteiger partial charge in [0, 0.05) is 4.47 Å². The van der Waals surface area contributed by atoms with E-state index in [4.69, 9.17) is 0 Å². The number of rotatable bonds is 1. The third-order valence-corrected chi connectivity index (χ3v) is 3.16. The molecule has 0 heterocycles. The Balaban J connectivity index is 3.36. The van der Waals surface area contributed by atoms with Crippen molar-refractivity contribution in [1.29, 1.82) is 0 Å². The van der Waals surface area contributed by atoms with Crippen LogP contribution in [-0.4, -0.2) is 6.29 Å². The predicted octanol–water partition coefficient (Wildman–Crippen LogP) is 3.16. The molecule has 0 radical (unpaired) electrons. The van der Waals surface area contributed by atoms with Crippen LogP contribution < -0.4 is 0 Å². The zero-order valence-electron chi connectivity index (χ0n) is 5.27. The van der Waals surface area contributed by atoms with Crippen molar-refractivity contribution in [2.45, 2.75) is 0 Å². The summed E-state index contributed by atoms with van der Waals surface area (Å²) in [6.07, 6.45) is 0.479. The van der Waals surface area contributed by atoms with E-state index in [0.717, 1.165) is 0 Å². The van der Waals surface area contributed by atoms with E-state index in [-0.39, 0.29) is 10.0 Å². The molecule has 0 aromatic heterocycles. The van der Waals surface area contributed by atoms with Crippen molar-refractivity contribution < 1.29 is 9.18 Å². The molecule has 0 N–H and O–H groups in total. The summed E-state index contributed by atoms with van der Waals surface area (Å²) in [6.45, 7) is 0. The lowest BCUT2D eigenvalue weighted by atomic mass is 10.2. The molecule has 0 unspecified atom stereocenters. The van der Waals surface area contributed by atoms with Gasteiger partial charge in [-0.05, 0) is 44.0 Å². The average Bonchev–Trinajstić information content (AvgIpc) is 2.01. The fourth-order valence-electron chi connectivity index (χ4n) is 0.632. The average molecular weight is 282 g/mol. The standard InChI is InChI=1S/C7H3Br2FO/c8-5-2-1-4(3-11)7(10)6(5)9/h1-3H. The number of aldehydes is 1. The smallest absolute Gasteiger partial charge is 0.153 e. The molecule has 0 aliphatic carbocycles. The first-order chi connectivity index (χ1) is 5.16. The number of hydrogen-bond donors (Lipinski definition) is 0. The summed E-state index contributed by atoms with van der Waals surface area (Å²) in [5.41, 5.74) is 0.0556. The number of carbonyl (C=O) groups is 1. The first-order valence-corrected chi connectivity index (χ1v) is 4.34. The van der Waals surface area contributed by atoms with E-state index in [1.807, 2.05) is 0 Å². The Morgan fingerprint density at radius 2 is 2.00 bits per heavy atom. The van der Waals surface area contributed by atoms with E-state index in [0.29, 0.717) is 10.8 Å². The van der Waals surface area contributed by atoms with Gasteiger partial charge in [-0.2, -0.15) is 0 Å². The molecule has 0 atom stereocenters. The summed E-state index contributed by atoms with van der Waals surface area (Å²) >= 11 is 6.10. The molecule has 0 aliphatic rings. The monoisotopic (exact) mass is 280 g/mol. The van der Waals surface area contributed by atoms with Gasteiger partial charge in [-0.25, -0.2) is 4.39 Å². The van der Waals surface area contributed by atoms with E-state index in [9.17, 15) is 9.18 Å². The second-order valence-corrected chi connectivity index (χ2v) is 3.53. The second kappa shape index (κ2) is 3.45. The van der Waals surface area contributed by atoms with Crippen molar-refractivity contribution in [3.63, 3.8) is 0 Å². The predicted molar refractivity (Wildman–Crippen MR) is 47.2 cm³/mol. The lowest BCUT2D eigenvalue weighted by molar-refractivity contribution is 0.111. The van der Waals surface area contributed by atoms with E-state index >= 15 is 0 Å². The van der Waals surface area contributed by atoms with Crippen LogP contribution >= 0.6 is 31.9 Å². The highest BCUT2D eigenvalue weighted by Gasteiger charge is 2.07. The first kappa shape index (κ1) is 8.87. The van der Waals surface area contributed by atoms with Crippen LogP contribution in [0.2, 0.25) is 0 Å². The maximum absolute atomic E-state index is 13.0. The normalized spacial score (nSPS) is 9.73. The second-order valence-electron chi connectivity index (χ2n) is 1.88. The SMILES string of the molecule is O=Cc1ccc(Br)c(Br)c1F. The maximum Gasteiger partial charge on any atom is 0.153 e. The van der Waals surface area contributed by atoms with Gasteiger partial charge in [0.15, 0.2) is 6.29 Å². The highest BCUT2D eigenvalue weighted by atomic mass is 79.9. The van der Waals surface area contributed by atoms with Crippen LogP contribution in [0.5, 0.6) is 0 Å². The third-order valence-electron chi connectivity index (χ3n) is 1.19. The van der Waals surface area contributed by atoms with Crippen molar-refractivity contribution in [1.82, 2.24) is 0 Å². The quantitative estimate of drug-likeness (QED) is 0.571. The maximum atomic E-state index is 13.0. The molecule has 0 fully saturated rings. The molecule has 4 heteroatoms. The molecular formula is C7H3Br2FO. The molecule has 1 rings (SSSR count). The molecule has 11 heavy (non-hydrogen) atoms. The van der Waals surface area contributed by atoms with E-state index in [1.54, 1.807) is 6.07 Å². The molecule has 58 valence electrons. The lowest BCUT2D eigenvalue weighted by Gasteiger charge is -1.98. The Hall–Kier alpha value is -0.220. The summed E-state index contributed by atoms with van der Waals surface area (Å²) in [4.78, 5) is 10.2. The van der Waals surface area contributed by atoms with Crippen LogP contribution in [-0.2, 0) is 0 Å². The number of hydrogen-bond acceptors (Lipinski definition) is 1. The molecule has 0 saturated heterocycles. The Morgan fingerprint density at radius 3 is 2.55 bits per heavy atom. The van der Waals surface area contributed by atoms with Crippen molar-refractivity contribution >= 4 is 38.1 Å². The van der Waals surface area contributed by atoms with E-state index < -0.39 is 5.82 Å². The van der Waals surface area contributed by atoms with Gasteiger partial charge in [0.05, 0.1) is 10.0 Å². The zero-order valence-corrected chi connectivity index (χ0v) is 8.45. The zero-order chi connectivity index (χ0) is 8.43. The highest BCUT2D eigenvalue weighted by molar-refractivity contribution is 9.13. The lowest BCUT2D eigenvalue weighted by Crippen LogP contribution is -1.88. The molecule has 0 aliphatic heterocycles. The summed E-state index contributed by atoms with van der Waals surface area (Å²) in [6, 6.07) is 3.02. The largest absolute Gasteiger partial charge is 0.298 e. The van der Waals surface area contributed by atoms with Gasteiger partial charge in [0.25, 0.3) is 0 Å². The minimum atomic E-state index is -0.533. The topological polar surface area (TPSA) is 17.1 Å². The summed E-state index contributed by atoms with van der Waals surface area (Å²) in [5.74, 6) is -0.533. The number of benzene rings is 1. The fraction of sp³-hybridized carbons (Fsp3) is 0. The van der Waals surface area contributed by atoms with Crippen LogP contribution in [0.3, 0.4) is 0 Å². The van der Waals surface area contributed by atoms with Gasteiger partial charge in [-0.15, -0.1) is 0 Å². The van der Waals surface area contributed by atoms with Crippen molar-refractivity contribution in [3.05, 3.63) is 32.5 Å². The Labute approximate surface area is 79.9 Å². The van der Waals surface area contributed by atoms with Crippen molar-refractivity contribution in [3.8, 4) is 0 Å². The molecular weight excluding hydrogens is 279 g/mol. The summed E-state index contributed by atoms with van der Waals surface area (Å²) in [5, 5.41) is 0. The van der Waals surface area contributed by atoms with E-state index in [2.05, 4.69) is 31.9 Å². The molecule has 1 nitrogen and oxygen atoms in total. The van der Waals surface area contributed by atoms with Gasteiger partial charge in [0.1, 0.15) is 5.82 Å². The van der Waals surface area contributed by atoms with E-state index in [1.165, 1.54) is 6.07 Å². The van der Waals surface area contributed by atoms with Crippen LogP contribution in [0.25, 0.3) is 0 Å². The van der Waals surface area contributed by atoms with Gasteiger partial charge >= 0.3 is 0 Å². The fourth-order valence-corrected chi connectivity index (χ4v) is 1.30. The molecule has 0 bridgehead atoms. The van der Waals surface area contributed by atoms with Gasteiger partial charge in [-0.3, -0.25) is 4.79 Å². The molecule has 1 aromatic carbocycles. The van der Waals surface area contributed by atoms with Crippen LogP contribution in [0, 0.1) is 5.82 Å². The number of carbonyl (C=O) groups excluding carboxylic acids is 1. The van der Waals surface area contributed by atoms with Gasteiger partial charge in [0.2, 0.25) is 0 Å². The van der Waals surface area contributed by atoms with Crippen molar-refractivity contribution in [2.24, 2.45) is 0 Å². The van der Waals surface area contributed by atoms with Crippen LogP contribution in [0.15, 0.2) is 21.1 Å². The van der Waals surface area contributed by atoms with Crippen molar-refractivity contribution in [2.75, 3.05) is 0 Å². The molecule has 0 amide bonds. The first-order valence-electron chi connectivity index (χ1n) is 2.75. The van der Waals surface area contributed by atoms with Crippen LogP contribution in [0.1, 0.15) is 10.4 Å². The summed E-state index contributed by atoms with van der Waals surface area (Å²) < 4.78 is 13.8. The van der Waals surface area contributed by atoms with Gasteiger partial charge < -0.3 is 0 Å². The van der Waals surface area contributed by atoms with Gasteiger partial charge in [-0.1, -0.05) is 0 Å².